The zero-order chi connectivity index (χ0) is 24.1. The number of nitrogens with zero attached hydrogens (tertiary/aromatic N) is 4. The number of urea groups is 1. The van der Waals surface area contributed by atoms with Gasteiger partial charge in [0.05, 0.1) is 36.4 Å². The van der Waals surface area contributed by atoms with Crippen LogP contribution < -0.4 is 4.90 Å². The van der Waals surface area contributed by atoms with Crippen LogP contribution in [0.2, 0.25) is 0 Å². The van der Waals surface area contributed by atoms with Crippen LogP contribution in [0, 0.1) is 0 Å². The minimum Gasteiger partial charge on any atom is -0.465 e. The summed E-state index contributed by atoms with van der Waals surface area (Å²) in [6, 6.07) is 14.4. The Morgan fingerprint density at radius 3 is 2.35 bits per heavy atom. The monoisotopic (exact) mass is 482 g/mol. The molecule has 3 heterocycles. The number of carbonyl (C=O) groups is 2. The highest BCUT2D eigenvalue weighted by molar-refractivity contribution is 8.24. The molecule has 0 atom stereocenters. The summed E-state index contributed by atoms with van der Waals surface area (Å²) in [7, 11) is -1.32. The summed E-state index contributed by atoms with van der Waals surface area (Å²) < 4.78 is 24.6. The van der Waals surface area contributed by atoms with Gasteiger partial charge >= 0.3 is 12.0 Å². The molecule has 0 aliphatic carbocycles. The van der Waals surface area contributed by atoms with Gasteiger partial charge in [0.1, 0.15) is 0 Å². The molecule has 3 aromatic rings. The van der Waals surface area contributed by atoms with E-state index in [2.05, 4.69) is 9.97 Å². The summed E-state index contributed by atoms with van der Waals surface area (Å²) in [5, 5.41) is 0. The van der Waals surface area contributed by atoms with E-state index in [0.717, 1.165) is 11.1 Å². The topological polar surface area (TPSA) is 116 Å². The fourth-order valence-corrected chi connectivity index (χ4v) is 4.87. The molecule has 0 spiro atoms. The highest BCUT2D eigenvalue weighted by Gasteiger charge is 2.29. The number of aromatic nitrogens is 2. The molecule has 0 unspecified atom stereocenters. The Labute approximate surface area is 199 Å². The average Bonchev–Trinajstić information content (AvgIpc) is 2.87. The van der Waals surface area contributed by atoms with Gasteiger partial charge in [-0.25, -0.2) is 9.59 Å². The molecule has 1 fully saturated rings. The molecule has 1 saturated heterocycles. The highest BCUT2D eigenvalue weighted by Crippen LogP contribution is 2.40. The first-order valence-electron chi connectivity index (χ1n) is 10.7. The number of carbonyl (C=O) groups excluding carboxylic acids is 2. The van der Waals surface area contributed by atoms with Gasteiger partial charge in [-0.05, 0) is 41.5 Å². The standard InChI is InChI=1S/C24H26N4O5S/c1-33-23(29)20-4-7-21(26-16-20)17-28(24(30)27-11-13-34(31,32)14-12-27)22-8-5-18(6-9-22)19-3-2-10-25-15-19/h2-10,15-16,31-32H,11-14,17H2,1H3. The Hall–Kier alpha value is -3.47. The van der Waals surface area contributed by atoms with Crippen molar-refractivity contribution < 1.29 is 23.4 Å². The fraction of sp³-hybridized carbons (Fsp3) is 0.250. The number of esters is 1. The van der Waals surface area contributed by atoms with Crippen LogP contribution in [0.1, 0.15) is 16.1 Å². The van der Waals surface area contributed by atoms with Gasteiger partial charge in [0.15, 0.2) is 0 Å². The summed E-state index contributed by atoms with van der Waals surface area (Å²) >= 11 is 0. The van der Waals surface area contributed by atoms with Crippen LogP contribution in [0.25, 0.3) is 11.1 Å². The van der Waals surface area contributed by atoms with E-state index in [1.54, 1.807) is 34.3 Å². The highest BCUT2D eigenvalue weighted by atomic mass is 32.3. The zero-order valence-electron chi connectivity index (χ0n) is 18.7. The van der Waals surface area contributed by atoms with Gasteiger partial charge in [-0.3, -0.25) is 24.0 Å². The SMILES string of the molecule is COC(=O)c1ccc(CN(C(=O)N2CCS(O)(O)CC2)c2ccc(-c3cccnc3)cc2)nc1. The van der Waals surface area contributed by atoms with Gasteiger partial charge in [-0.1, -0.05) is 18.2 Å². The predicted molar refractivity (Wildman–Crippen MR) is 131 cm³/mol. The summed E-state index contributed by atoms with van der Waals surface area (Å²) in [5.41, 5.74) is 3.53. The Morgan fingerprint density at radius 1 is 1.03 bits per heavy atom. The molecule has 2 amide bonds. The molecular formula is C24H26N4O5S. The number of hydrogen-bond acceptors (Lipinski definition) is 7. The first-order chi connectivity index (χ1) is 16.4. The number of anilines is 1. The molecule has 0 saturated carbocycles. The van der Waals surface area contributed by atoms with E-state index >= 15 is 0 Å². The third-order valence-electron chi connectivity index (χ3n) is 5.62. The van der Waals surface area contributed by atoms with Crippen LogP contribution in [0.5, 0.6) is 0 Å². The molecular weight excluding hydrogens is 456 g/mol. The van der Waals surface area contributed by atoms with Crippen LogP contribution in [0.3, 0.4) is 0 Å². The van der Waals surface area contributed by atoms with Gasteiger partial charge in [0, 0.05) is 37.4 Å². The summed E-state index contributed by atoms with van der Waals surface area (Å²) in [6.45, 7) is 0.708. The second-order valence-electron chi connectivity index (χ2n) is 7.88. The Balaban J connectivity index is 1.60. The molecule has 2 aromatic heterocycles. The maximum Gasteiger partial charge on any atom is 0.339 e. The molecule has 0 bridgehead atoms. The number of hydrogen-bond donors (Lipinski definition) is 2. The largest absolute Gasteiger partial charge is 0.465 e. The van der Waals surface area contributed by atoms with Crippen molar-refractivity contribution in [1.29, 1.82) is 0 Å². The number of methoxy groups -OCH3 is 1. The van der Waals surface area contributed by atoms with Crippen LogP contribution in [0.4, 0.5) is 10.5 Å². The van der Waals surface area contributed by atoms with Crippen molar-refractivity contribution in [3.63, 3.8) is 0 Å². The van der Waals surface area contributed by atoms with E-state index in [4.69, 9.17) is 4.74 Å². The maximum absolute atomic E-state index is 13.5. The predicted octanol–water partition coefficient (Wildman–Crippen LogP) is 4.12. The van der Waals surface area contributed by atoms with E-state index in [9.17, 15) is 18.7 Å². The van der Waals surface area contributed by atoms with Crippen molar-refractivity contribution >= 4 is 28.3 Å². The molecule has 4 rings (SSSR count). The minimum absolute atomic E-state index is 0.165. The maximum atomic E-state index is 13.5. The van der Waals surface area contributed by atoms with Crippen LogP contribution >= 0.6 is 10.6 Å². The number of ether oxygens (including phenoxy) is 1. The van der Waals surface area contributed by atoms with Crippen molar-refractivity contribution in [1.82, 2.24) is 14.9 Å². The lowest BCUT2D eigenvalue weighted by Crippen LogP contribution is -2.48. The second-order valence-corrected chi connectivity index (χ2v) is 10.3. The van der Waals surface area contributed by atoms with Crippen LogP contribution in [0.15, 0.2) is 67.1 Å². The molecule has 1 aliphatic rings. The van der Waals surface area contributed by atoms with E-state index in [1.165, 1.54) is 13.3 Å². The van der Waals surface area contributed by atoms with Crippen LogP contribution in [-0.4, -0.2) is 67.7 Å². The van der Waals surface area contributed by atoms with Crippen molar-refractivity contribution in [2.45, 2.75) is 6.54 Å². The quantitative estimate of drug-likeness (QED) is 0.526. The first-order valence-corrected chi connectivity index (χ1v) is 12.6. The summed E-state index contributed by atoms with van der Waals surface area (Å²) in [4.78, 5) is 36.9. The average molecular weight is 483 g/mol. The number of benzene rings is 1. The Kier molecular flexibility index (Phi) is 7.11. The van der Waals surface area contributed by atoms with Gasteiger partial charge in [0.2, 0.25) is 0 Å². The third kappa shape index (κ3) is 5.53. The van der Waals surface area contributed by atoms with E-state index in [0.29, 0.717) is 16.9 Å². The Morgan fingerprint density at radius 2 is 1.76 bits per heavy atom. The second kappa shape index (κ2) is 10.2. The van der Waals surface area contributed by atoms with Gasteiger partial charge < -0.3 is 9.64 Å². The van der Waals surface area contributed by atoms with E-state index in [-0.39, 0.29) is 37.2 Å². The van der Waals surface area contributed by atoms with Crippen LogP contribution in [-0.2, 0) is 11.3 Å². The molecule has 0 radical (unpaired) electrons. The van der Waals surface area contributed by atoms with Gasteiger partial charge in [0.25, 0.3) is 0 Å². The lowest BCUT2D eigenvalue weighted by atomic mass is 10.1. The number of pyridine rings is 2. The van der Waals surface area contributed by atoms with Gasteiger partial charge in [-0.2, -0.15) is 10.6 Å². The molecule has 1 aliphatic heterocycles. The molecule has 1 aromatic carbocycles. The minimum atomic E-state index is -2.62. The fourth-order valence-electron chi connectivity index (χ4n) is 3.64. The third-order valence-corrected chi connectivity index (χ3v) is 7.29. The first kappa shape index (κ1) is 23.7. The number of rotatable bonds is 5. The molecule has 10 heteroatoms. The van der Waals surface area contributed by atoms with Gasteiger partial charge in [-0.15, -0.1) is 0 Å². The van der Waals surface area contributed by atoms with Crippen molar-refractivity contribution in [3.05, 3.63) is 78.4 Å². The van der Waals surface area contributed by atoms with Crippen molar-refractivity contribution in [2.24, 2.45) is 0 Å². The molecule has 2 N–H and O–H groups in total. The van der Waals surface area contributed by atoms with Crippen molar-refractivity contribution in [2.75, 3.05) is 36.6 Å². The zero-order valence-corrected chi connectivity index (χ0v) is 19.5. The smallest absolute Gasteiger partial charge is 0.339 e. The number of amides is 2. The van der Waals surface area contributed by atoms with E-state index in [1.807, 2.05) is 36.4 Å². The lowest BCUT2D eigenvalue weighted by molar-refractivity contribution is 0.0600. The summed E-state index contributed by atoms with van der Waals surface area (Å²) in [5.74, 6) is -0.151. The Bertz CT molecular complexity index is 1130. The molecule has 34 heavy (non-hydrogen) atoms. The molecule has 9 nitrogen and oxygen atoms in total. The normalized spacial score (nSPS) is 15.9. The molecule has 178 valence electrons. The lowest BCUT2D eigenvalue weighted by Gasteiger charge is -2.42. The van der Waals surface area contributed by atoms with Crippen molar-refractivity contribution in [3.8, 4) is 11.1 Å². The summed E-state index contributed by atoms with van der Waals surface area (Å²) in [6.07, 6.45) is 4.91. The van der Waals surface area contributed by atoms with E-state index < -0.39 is 16.6 Å².